The van der Waals surface area contributed by atoms with Crippen LogP contribution in [0, 0.1) is 0 Å². The molecule has 0 radical (unpaired) electrons. The van der Waals surface area contributed by atoms with Crippen molar-refractivity contribution in [3.05, 3.63) is 22.2 Å². The molecule has 3 N–H and O–H groups in total. The Hall–Kier alpha value is -1.36. The quantitative estimate of drug-likeness (QED) is 0.840. The van der Waals surface area contributed by atoms with Crippen molar-refractivity contribution >= 4 is 5.82 Å². The summed E-state index contributed by atoms with van der Waals surface area (Å²) in [7, 11) is 0. The van der Waals surface area contributed by atoms with Crippen molar-refractivity contribution in [1.82, 2.24) is 9.97 Å². The summed E-state index contributed by atoms with van der Waals surface area (Å²) in [5.41, 5.74) is 5.58. The van der Waals surface area contributed by atoms with E-state index in [1.54, 1.807) is 6.07 Å². The van der Waals surface area contributed by atoms with Crippen LogP contribution in [0.1, 0.15) is 50.3 Å². The van der Waals surface area contributed by atoms with Crippen LogP contribution in [0.5, 0.6) is 0 Å². The van der Waals surface area contributed by atoms with E-state index in [4.69, 9.17) is 5.73 Å². The van der Waals surface area contributed by atoms with Crippen molar-refractivity contribution in [2.45, 2.75) is 50.5 Å². The minimum atomic E-state index is -0.0172. The number of aromatic amines is 1. The molecule has 5 nitrogen and oxygen atoms in total. The molecule has 1 aliphatic heterocycles. The van der Waals surface area contributed by atoms with Gasteiger partial charge < -0.3 is 15.6 Å². The number of hydrogen-bond donors (Lipinski definition) is 2. The number of nitrogens with one attached hydrogen (secondary N) is 1. The lowest BCUT2D eigenvalue weighted by Crippen LogP contribution is -2.32. The van der Waals surface area contributed by atoms with Crippen LogP contribution < -0.4 is 16.2 Å². The topological polar surface area (TPSA) is 75.0 Å². The van der Waals surface area contributed by atoms with Crippen molar-refractivity contribution in [2.75, 3.05) is 18.0 Å². The number of rotatable bonds is 5. The minimum Gasteiger partial charge on any atom is -0.353 e. The molecule has 104 valence electrons. The highest BCUT2D eigenvalue weighted by molar-refractivity contribution is 5.40. The molecular formula is C14H22N4O. The van der Waals surface area contributed by atoms with E-state index in [9.17, 15) is 4.79 Å². The largest absolute Gasteiger partial charge is 0.353 e. The molecule has 0 bridgehead atoms. The van der Waals surface area contributed by atoms with Crippen LogP contribution in [0.2, 0.25) is 0 Å². The number of anilines is 1. The van der Waals surface area contributed by atoms with E-state index >= 15 is 0 Å². The number of hydrogen-bond acceptors (Lipinski definition) is 4. The molecule has 5 heteroatoms. The predicted octanol–water partition coefficient (Wildman–Crippen LogP) is 1.35. The zero-order chi connectivity index (χ0) is 13.2. The lowest BCUT2D eigenvalue weighted by atomic mass is 10.1. The van der Waals surface area contributed by atoms with E-state index in [0.29, 0.717) is 12.0 Å². The zero-order valence-corrected chi connectivity index (χ0v) is 11.3. The van der Waals surface area contributed by atoms with E-state index in [1.807, 2.05) is 0 Å². The predicted molar refractivity (Wildman–Crippen MR) is 75.5 cm³/mol. The Balaban J connectivity index is 1.81. The second-order valence-corrected chi connectivity index (χ2v) is 5.68. The Morgan fingerprint density at radius 2 is 2.26 bits per heavy atom. The van der Waals surface area contributed by atoms with Gasteiger partial charge in [-0.05, 0) is 45.1 Å². The van der Waals surface area contributed by atoms with Gasteiger partial charge in [0.25, 0.3) is 5.56 Å². The first-order chi connectivity index (χ1) is 9.28. The van der Waals surface area contributed by atoms with Crippen molar-refractivity contribution in [1.29, 1.82) is 0 Å². The van der Waals surface area contributed by atoms with Crippen LogP contribution in [-0.2, 0) is 0 Å². The van der Waals surface area contributed by atoms with Crippen molar-refractivity contribution < 1.29 is 0 Å². The first kappa shape index (κ1) is 12.7. The Morgan fingerprint density at radius 3 is 3.00 bits per heavy atom. The van der Waals surface area contributed by atoms with Gasteiger partial charge in [-0.3, -0.25) is 4.79 Å². The number of H-pyrrole nitrogens is 1. The molecule has 0 aromatic carbocycles. The lowest BCUT2D eigenvalue weighted by molar-refractivity contribution is 0.581. The molecule has 1 aromatic rings. The maximum atomic E-state index is 11.8. The maximum absolute atomic E-state index is 11.8. The minimum absolute atomic E-state index is 0.0172. The molecule has 1 aromatic heterocycles. The van der Waals surface area contributed by atoms with E-state index < -0.39 is 0 Å². The van der Waals surface area contributed by atoms with Gasteiger partial charge in [0.1, 0.15) is 11.6 Å². The van der Waals surface area contributed by atoms with E-state index in [-0.39, 0.29) is 5.56 Å². The third-order valence-corrected chi connectivity index (χ3v) is 4.12. The monoisotopic (exact) mass is 262 g/mol. The fourth-order valence-corrected chi connectivity index (χ4v) is 2.95. The van der Waals surface area contributed by atoms with E-state index in [0.717, 1.165) is 50.4 Å². The Morgan fingerprint density at radius 1 is 1.42 bits per heavy atom. The summed E-state index contributed by atoms with van der Waals surface area (Å²) in [6, 6.07) is 2.15. The first-order valence-electron chi connectivity index (χ1n) is 7.36. The Labute approximate surface area is 113 Å². The zero-order valence-electron chi connectivity index (χ0n) is 11.3. The summed E-state index contributed by atoms with van der Waals surface area (Å²) in [6.45, 7) is 1.75. The highest BCUT2D eigenvalue weighted by Gasteiger charge is 2.29. The van der Waals surface area contributed by atoms with Gasteiger partial charge in [0.2, 0.25) is 0 Å². The normalized spacial score (nSPS) is 23.0. The molecular weight excluding hydrogens is 240 g/mol. The highest BCUT2D eigenvalue weighted by Crippen LogP contribution is 2.38. The summed E-state index contributed by atoms with van der Waals surface area (Å²) in [6.07, 6.45) is 6.82. The smallest absolute Gasteiger partial charge is 0.252 e. The fraction of sp³-hybridized carbons (Fsp3) is 0.714. The van der Waals surface area contributed by atoms with Crippen LogP contribution in [0.25, 0.3) is 0 Å². The molecule has 2 heterocycles. The molecule has 1 saturated carbocycles. The number of nitrogens with zero attached hydrogens (tertiary/aromatic N) is 2. The summed E-state index contributed by atoms with van der Waals surface area (Å²) >= 11 is 0. The van der Waals surface area contributed by atoms with Gasteiger partial charge in [0.15, 0.2) is 0 Å². The Bertz CT molecular complexity index is 494. The van der Waals surface area contributed by atoms with Crippen LogP contribution in [0.4, 0.5) is 5.82 Å². The number of aromatic nitrogens is 2. The van der Waals surface area contributed by atoms with Gasteiger partial charge in [-0.15, -0.1) is 0 Å². The SMILES string of the molecule is NCCCC1CCCN1c1cc(=O)[nH]c(C2CC2)n1. The summed E-state index contributed by atoms with van der Waals surface area (Å²) < 4.78 is 0. The third kappa shape index (κ3) is 2.81. The number of nitrogens with two attached hydrogens (primary N) is 1. The molecule has 2 aliphatic rings. The maximum Gasteiger partial charge on any atom is 0.252 e. The van der Waals surface area contributed by atoms with Gasteiger partial charge in [0.05, 0.1) is 0 Å². The van der Waals surface area contributed by atoms with Gasteiger partial charge in [-0.2, -0.15) is 0 Å². The first-order valence-corrected chi connectivity index (χ1v) is 7.36. The molecule has 1 unspecified atom stereocenters. The van der Waals surface area contributed by atoms with Crippen molar-refractivity contribution in [3.63, 3.8) is 0 Å². The van der Waals surface area contributed by atoms with Crippen molar-refractivity contribution in [3.8, 4) is 0 Å². The second kappa shape index (κ2) is 5.33. The average molecular weight is 262 g/mol. The van der Waals surface area contributed by atoms with Crippen molar-refractivity contribution in [2.24, 2.45) is 5.73 Å². The van der Waals surface area contributed by atoms with Gasteiger partial charge in [-0.1, -0.05) is 0 Å². The second-order valence-electron chi connectivity index (χ2n) is 5.68. The van der Waals surface area contributed by atoms with E-state index in [2.05, 4.69) is 14.9 Å². The van der Waals surface area contributed by atoms with Crippen LogP contribution in [0.15, 0.2) is 10.9 Å². The average Bonchev–Trinajstić information content (AvgIpc) is 3.15. The molecule has 1 saturated heterocycles. The Kier molecular flexibility index (Phi) is 3.55. The lowest BCUT2D eigenvalue weighted by Gasteiger charge is -2.25. The van der Waals surface area contributed by atoms with Crippen LogP contribution >= 0.6 is 0 Å². The third-order valence-electron chi connectivity index (χ3n) is 4.12. The molecule has 0 spiro atoms. The molecule has 19 heavy (non-hydrogen) atoms. The summed E-state index contributed by atoms with van der Waals surface area (Å²) in [5, 5.41) is 0. The standard InChI is InChI=1S/C14H22N4O/c15-7-1-3-11-4-2-8-18(11)12-9-13(19)17-14(16-12)10-5-6-10/h9-11H,1-8,15H2,(H,16,17,19). The van der Waals surface area contributed by atoms with Gasteiger partial charge in [0, 0.05) is 24.6 Å². The highest BCUT2D eigenvalue weighted by atomic mass is 16.1. The van der Waals surface area contributed by atoms with Crippen LogP contribution in [0.3, 0.4) is 0 Å². The summed E-state index contributed by atoms with van der Waals surface area (Å²) in [4.78, 5) is 21.6. The molecule has 1 atom stereocenters. The molecule has 2 fully saturated rings. The van der Waals surface area contributed by atoms with Gasteiger partial charge in [-0.25, -0.2) is 4.98 Å². The fourth-order valence-electron chi connectivity index (χ4n) is 2.95. The van der Waals surface area contributed by atoms with E-state index in [1.165, 1.54) is 12.8 Å². The summed E-state index contributed by atoms with van der Waals surface area (Å²) in [5.74, 6) is 2.23. The molecule has 3 rings (SSSR count). The van der Waals surface area contributed by atoms with Gasteiger partial charge >= 0.3 is 0 Å². The van der Waals surface area contributed by atoms with Crippen LogP contribution in [-0.4, -0.2) is 29.1 Å². The molecule has 1 aliphatic carbocycles. The molecule has 0 amide bonds.